The second-order valence-electron chi connectivity index (χ2n) is 4.38. The summed E-state index contributed by atoms with van der Waals surface area (Å²) in [6, 6.07) is 3.90. The Morgan fingerprint density at radius 2 is 2.11 bits per heavy atom. The van der Waals surface area contributed by atoms with Crippen molar-refractivity contribution < 1.29 is 0 Å². The molecule has 1 aromatic carbocycles. The van der Waals surface area contributed by atoms with Gasteiger partial charge in [0.2, 0.25) is 0 Å². The van der Waals surface area contributed by atoms with Crippen LogP contribution in [-0.4, -0.2) is 4.98 Å². The Labute approximate surface area is 116 Å². The Balaban J connectivity index is 2.21. The summed E-state index contributed by atoms with van der Waals surface area (Å²) in [4.78, 5) is 4.47. The van der Waals surface area contributed by atoms with Crippen LogP contribution in [0.2, 0.25) is 5.02 Å². The van der Waals surface area contributed by atoms with E-state index in [0.29, 0.717) is 10.7 Å². The number of anilines is 2. The lowest BCUT2D eigenvalue weighted by atomic mass is 10.1. The molecule has 1 atom stereocenters. The Morgan fingerprint density at radius 1 is 1.39 bits per heavy atom. The van der Waals surface area contributed by atoms with Gasteiger partial charge >= 0.3 is 0 Å². The summed E-state index contributed by atoms with van der Waals surface area (Å²) in [5, 5.41) is 7.11. The SMILES string of the molecule is Cc1csc(C(C)Nc2cc(Cl)c(N)cc2C)n1. The Bertz CT molecular complexity index is 565. The number of thiazole rings is 1. The van der Waals surface area contributed by atoms with E-state index in [0.717, 1.165) is 22.0 Å². The molecule has 2 aromatic rings. The highest BCUT2D eigenvalue weighted by Gasteiger charge is 2.11. The highest BCUT2D eigenvalue weighted by molar-refractivity contribution is 7.09. The average molecular weight is 282 g/mol. The minimum absolute atomic E-state index is 0.155. The first-order valence-corrected chi connectivity index (χ1v) is 6.97. The van der Waals surface area contributed by atoms with Crippen LogP contribution >= 0.6 is 22.9 Å². The lowest BCUT2D eigenvalue weighted by Crippen LogP contribution is -2.08. The number of nitrogens with zero attached hydrogens (tertiary/aromatic N) is 1. The van der Waals surface area contributed by atoms with Crippen LogP contribution in [0.5, 0.6) is 0 Å². The number of rotatable bonds is 3. The summed E-state index contributed by atoms with van der Waals surface area (Å²) in [5.74, 6) is 0. The van der Waals surface area contributed by atoms with Gasteiger partial charge < -0.3 is 11.1 Å². The molecule has 2 rings (SSSR count). The maximum absolute atomic E-state index is 6.04. The molecular formula is C13H16ClN3S. The molecule has 0 aliphatic rings. The van der Waals surface area contributed by atoms with Crippen molar-refractivity contribution in [2.24, 2.45) is 0 Å². The van der Waals surface area contributed by atoms with Crippen LogP contribution in [0.25, 0.3) is 0 Å². The van der Waals surface area contributed by atoms with E-state index in [2.05, 4.69) is 22.6 Å². The number of halogens is 1. The second-order valence-corrected chi connectivity index (χ2v) is 5.68. The van der Waals surface area contributed by atoms with E-state index in [4.69, 9.17) is 17.3 Å². The molecular weight excluding hydrogens is 266 g/mol. The van der Waals surface area contributed by atoms with Crippen LogP contribution in [0.3, 0.4) is 0 Å². The van der Waals surface area contributed by atoms with Gasteiger partial charge in [0.25, 0.3) is 0 Å². The van der Waals surface area contributed by atoms with Crippen LogP contribution in [0, 0.1) is 13.8 Å². The highest BCUT2D eigenvalue weighted by Crippen LogP contribution is 2.30. The third-order valence-electron chi connectivity index (χ3n) is 2.72. The van der Waals surface area contributed by atoms with Crippen molar-refractivity contribution in [2.75, 3.05) is 11.1 Å². The van der Waals surface area contributed by atoms with Gasteiger partial charge in [-0.15, -0.1) is 11.3 Å². The number of aromatic nitrogens is 1. The molecule has 3 nitrogen and oxygen atoms in total. The molecule has 0 amide bonds. The summed E-state index contributed by atoms with van der Waals surface area (Å²) in [5.41, 5.74) is 9.50. The molecule has 0 saturated carbocycles. The number of nitrogens with one attached hydrogen (secondary N) is 1. The number of nitrogens with two attached hydrogens (primary N) is 1. The minimum atomic E-state index is 0.155. The maximum Gasteiger partial charge on any atom is 0.115 e. The lowest BCUT2D eigenvalue weighted by Gasteiger charge is -2.16. The zero-order chi connectivity index (χ0) is 13.3. The van der Waals surface area contributed by atoms with Crippen molar-refractivity contribution in [3.63, 3.8) is 0 Å². The number of aryl methyl sites for hydroxylation is 2. The number of nitrogen functional groups attached to an aromatic ring is 1. The van der Waals surface area contributed by atoms with Crippen molar-refractivity contribution in [1.82, 2.24) is 4.98 Å². The molecule has 0 saturated heterocycles. The lowest BCUT2D eigenvalue weighted by molar-refractivity contribution is 0.862. The molecule has 1 unspecified atom stereocenters. The van der Waals surface area contributed by atoms with E-state index < -0.39 is 0 Å². The molecule has 96 valence electrons. The number of hydrogen-bond acceptors (Lipinski definition) is 4. The molecule has 0 radical (unpaired) electrons. The van der Waals surface area contributed by atoms with Gasteiger partial charge in [-0.3, -0.25) is 0 Å². The highest BCUT2D eigenvalue weighted by atomic mass is 35.5. The standard InChI is InChI=1S/C13H16ClN3S/c1-7-4-11(15)10(14)5-12(7)17-9(3)13-16-8(2)6-18-13/h4-6,9,17H,15H2,1-3H3. The van der Waals surface area contributed by atoms with Crippen LogP contribution < -0.4 is 11.1 Å². The van der Waals surface area contributed by atoms with Gasteiger partial charge in [-0.2, -0.15) is 0 Å². The smallest absolute Gasteiger partial charge is 0.115 e. The fourth-order valence-corrected chi connectivity index (χ4v) is 2.69. The number of benzene rings is 1. The molecule has 1 aromatic heterocycles. The van der Waals surface area contributed by atoms with Gasteiger partial charge in [0, 0.05) is 16.8 Å². The van der Waals surface area contributed by atoms with Crippen LogP contribution in [0.15, 0.2) is 17.5 Å². The second kappa shape index (κ2) is 5.16. The molecule has 1 heterocycles. The minimum Gasteiger partial charge on any atom is -0.398 e. The first-order valence-electron chi connectivity index (χ1n) is 5.71. The maximum atomic E-state index is 6.04. The predicted molar refractivity (Wildman–Crippen MR) is 79.5 cm³/mol. The Morgan fingerprint density at radius 3 is 2.72 bits per heavy atom. The zero-order valence-corrected chi connectivity index (χ0v) is 12.2. The fourth-order valence-electron chi connectivity index (χ4n) is 1.73. The summed E-state index contributed by atoms with van der Waals surface area (Å²) in [7, 11) is 0. The van der Waals surface area contributed by atoms with Crippen molar-refractivity contribution in [2.45, 2.75) is 26.8 Å². The van der Waals surface area contributed by atoms with Crippen molar-refractivity contribution in [3.05, 3.63) is 38.8 Å². The normalized spacial score (nSPS) is 12.4. The monoisotopic (exact) mass is 281 g/mol. The van der Waals surface area contributed by atoms with Gasteiger partial charge in [-0.1, -0.05) is 11.6 Å². The third-order valence-corrected chi connectivity index (χ3v) is 4.20. The van der Waals surface area contributed by atoms with Gasteiger partial charge in [-0.25, -0.2) is 4.98 Å². The molecule has 0 fully saturated rings. The summed E-state index contributed by atoms with van der Waals surface area (Å²) in [6.07, 6.45) is 0. The predicted octanol–water partition coefficient (Wildman–Crippen LogP) is 4.17. The topological polar surface area (TPSA) is 50.9 Å². The third kappa shape index (κ3) is 2.76. The summed E-state index contributed by atoms with van der Waals surface area (Å²) < 4.78 is 0. The van der Waals surface area contributed by atoms with Crippen LogP contribution in [0.1, 0.15) is 29.2 Å². The first-order chi connectivity index (χ1) is 8.47. The van der Waals surface area contributed by atoms with E-state index >= 15 is 0 Å². The molecule has 0 aliphatic carbocycles. The van der Waals surface area contributed by atoms with Gasteiger partial charge in [0.05, 0.1) is 16.8 Å². The summed E-state index contributed by atoms with van der Waals surface area (Å²) >= 11 is 7.70. The number of hydrogen-bond donors (Lipinski definition) is 2. The Hall–Kier alpha value is -1.26. The molecule has 0 bridgehead atoms. The molecule has 5 heteroatoms. The molecule has 0 aliphatic heterocycles. The largest absolute Gasteiger partial charge is 0.398 e. The van der Waals surface area contributed by atoms with Gasteiger partial charge in [-0.05, 0) is 38.5 Å². The van der Waals surface area contributed by atoms with Crippen molar-refractivity contribution >= 4 is 34.3 Å². The van der Waals surface area contributed by atoms with Crippen molar-refractivity contribution in [3.8, 4) is 0 Å². The Kier molecular flexibility index (Phi) is 3.78. The zero-order valence-electron chi connectivity index (χ0n) is 10.6. The molecule has 18 heavy (non-hydrogen) atoms. The van der Waals surface area contributed by atoms with Gasteiger partial charge in [0.15, 0.2) is 0 Å². The van der Waals surface area contributed by atoms with Crippen LogP contribution in [-0.2, 0) is 0 Å². The van der Waals surface area contributed by atoms with Gasteiger partial charge in [0.1, 0.15) is 5.01 Å². The average Bonchev–Trinajstić information content (AvgIpc) is 2.73. The van der Waals surface area contributed by atoms with Crippen LogP contribution in [0.4, 0.5) is 11.4 Å². The molecule has 0 spiro atoms. The summed E-state index contributed by atoms with van der Waals surface area (Å²) in [6.45, 7) is 6.09. The molecule has 3 N–H and O–H groups in total. The first kappa shape index (κ1) is 13.2. The quantitative estimate of drug-likeness (QED) is 0.830. The van der Waals surface area contributed by atoms with Crippen molar-refractivity contribution in [1.29, 1.82) is 0 Å². The van der Waals surface area contributed by atoms with E-state index in [1.807, 2.05) is 26.0 Å². The van der Waals surface area contributed by atoms with E-state index in [1.54, 1.807) is 11.3 Å². The van der Waals surface area contributed by atoms with E-state index in [-0.39, 0.29) is 6.04 Å². The fraction of sp³-hybridized carbons (Fsp3) is 0.308. The van der Waals surface area contributed by atoms with E-state index in [1.165, 1.54) is 0 Å². The van der Waals surface area contributed by atoms with E-state index in [9.17, 15) is 0 Å².